The molecule has 12 heavy (non-hydrogen) atoms. The van der Waals surface area contributed by atoms with Crippen molar-refractivity contribution in [1.29, 1.82) is 0 Å². The average molecular weight is 169 g/mol. The minimum Gasteiger partial charge on any atom is -0.379 e. The van der Waals surface area contributed by atoms with E-state index in [-0.39, 0.29) is 6.04 Å². The van der Waals surface area contributed by atoms with Crippen molar-refractivity contribution in [2.45, 2.75) is 25.4 Å². The van der Waals surface area contributed by atoms with Crippen molar-refractivity contribution in [3.8, 4) is 0 Å². The molecule has 1 aromatic heterocycles. The summed E-state index contributed by atoms with van der Waals surface area (Å²) in [5.41, 5.74) is 12.3. The first-order chi connectivity index (χ1) is 5.77. The number of nitrogens with zero attached hydrogens (tertiary/aromatic N) is 2. The highest BCUT2D eigenvalue weighted by atomic mass is 16.6. The van der Waals surface area contributed by atoms with Gasteiger partial charge in [-0.1, -0.05) is 5.16 Å². The molecule has 2 rings (SSSR count). The van der Waals surface area contributed by atoms with Gasteiger partial charge in [0.2, 0.25) is 0 Å². The molecule has 0 aliphatic carbocycles. The second-order valence-corrected chi connectivity index (χ2v) is 3.01. The van der Waals surface area contributed by atoms with E-state index in [0.29, 0.717) is 17.6 Å². The summed E-state index contributed by atoms with van der Waals surface area (Å²) in [5, 5.41) is 7.23. The number of nitrogen functional groups attached to an aromatic ring is 1. The molecular formula is C6H11N5O. The lowest BCUT2D eigenvalue weighted by Gasteiger charge is -2.02. The summed E-state index contributed by atoms with van der Waals surface area (Å²) in [6.07, 6.45) is 0.943. The molecule has 0 radical (unpaired) electrons. The summed E-state index contributed by atoms with van der Waals surface area (Å²) in [6, 6.07) is 0.539. The van der Waals surface area contributed by atoms with E-state index in [0.717, 1.165) is 6.42 Å². The molecule has 0 bridgehead atoms. The molecule has 0 amide bonds. The van der Waals surface area contributed by atoms with Gasteiger partial charge in [0.25, 0.3) is 0 Å². The first-order valence-electron chi connectivity index (χ1n) is 3.86. The Morgan fingerprint density at radius 1 is 1.50 bits per heavy atom. The lowest BCUT2D eigenvalue weighted by Crippen LogP contribution is -2.29. The molecule has 1 aliphatic heterocycles. The topological polar surface area (TPSA) is 89.0 Å². The van der Waals surface area contributed by atoms with E-state index in [4.69, 9.17) is 5.73 Å². The zero-order valence-electron chi connectivity index (χ0n) is 6.74. The number of nitrogens with two attached hydrogens (primary N) is 1. The second-order valence-electron chi connectivity index (χ2n) is 3.01. The van der Waals surface area contributed by atoms with Gasteiger partial charge in [0.15, 0.2) is 5.82 Å². The zero-order chi connectivity index (χ0) is 8.55. The molecule has 6 nitrogen and oxygen atoms in total. The number of nitrogens with one attached hydrogen (secondary N) is 2. The van der Waals surface area contributed by atoms with Crippen LogP contribution in [0, 0.1) is 0 Å². The Hall–Kier alpha value is -1.14. The van der Waals surface area contributed by atoms with Crippen molar-refractivity contribution in [3.63, 3.8) is 0 Å². The number of hydrogen-bond donors (Lipinski definition) is 3. The molecule has 1 aromatic rings. The van der Waals surface area contributed by atoms with Gasteiger partial charge < -0.3 is 5.73 Å². The fourth-order valence-electron chi connectivity index (χ4n) is 1.34. The van der Waals surface area contributed by atoms with Crippen LogP contribution in [0.4, 0.5) is 5.82 Å². The maximum Gasteiger partial charge on any atom is 0.193 e. The molecule has 1 saturated heterocycles. The lowest BCUT2D eigenvalue weighted by atomic mass is 10.1. The predicted molar refractivity (Wildman–Crippen MR) is 41.8 cm³/mol. The molecule has 2 heterocycles. The van der Waals surface area contributed by atoms with Gasteiger partial charge in [0.1, 0.15) is 5.69 Å². The fourth-order valence-corrected chi connectivity index (χ4v) is 1.34. The number of hydrogen-bond acceptors (Lipinski definition) is 6. The van der Waals surface area contributed by atoms with Crippen LogP contribution in [0.2, 0.25) is 0 Å². The minimum atomic E-state index is 0.117. The molecule has 0 aromatic carbocycles. The van der Waals surface area contributed by atoms with Gasteiger partial charge in [0.05, 0.1) is 6.04 Å². The van der Waals surface area contributed by atoms with Crippen LogP contribution in [0.3, 0.4) is 0 Å². The first-order valence-corrected chi connectivity index (χ1v) is 3.86. The molecular weight excluding hydrogens is 158 g/mol. The Bertz CT molecular complexity index is 273. The highest BCUT2D eigenvalue weighted by Gasteiger charge is 2.26. The third-order valence-corrected chi connectivity index (χ3v) is 1.96. The summed E-state index contributed by atoms with van der Waals surface area (Å²) >= 11 is 0. The van der Waals surface area contributed by atoms with Crippen LogP contribution < -0.4 is 16.6 Å². The van der Waals surface area contributed by atoms with Crippen molar-refractivity contribution in [2.75, 3.05) is 5.73 Å². The summed E-state index contributed by atoms with van der Waals surface area (Å²) in [6.45, 7) is 2.08. The second kappa shape index (κ2) is 2.72. The van der Waals surface area contributed by atoms with Gasteiger partial charge in [-0.2, -0.15) is 0 Å². The Labute approximate surface area is 69.4 Å². The Kier molecular flexibility index (Phi) is 1.70. The zero-order valence-corrected chi connectivity index (χ0v) is 6.74. The predicted octanol–water partition coefficient (Wildman–Crippen LogP) is -0.421. The average Bonchev–Trinajstić information content (AvgIpc) is 2.58. The molecule has 2 unspecified atom stereocenters. The summed E-state index contributed by atoms with van der Waals surface area (Å²) in [4.78, 5) is 0. The van der Waals surface area contributed by atoms with Crippen LogP contribution in [-0.4, -0.2) is 16.4 Å². The van der Waals surface area contributed by atoms with Crippen molar-refractivity contribution < 1.29 is 4.63 Å². The smallest absolute Gasteiger partial charge is 0.193 e. The largest absolute Gasteiger partial charge is 0.379 e. The molecule has 1 aliphatic rings. The van der Waals surface area contributed by atoms with Crippen LogP contribution in [0.5, 0.6) is 0 Å². The monoisotopic (exact) mass is 169 g/mol. The van der Waals surface area contributed by atoms with Gasteiger partial charge in [-0.05, 0) is 18.5 Å². The quantitative estimate of drug-likeness (QED) is 0.529. The highest BCUT2D eigenvalue weighted by Crippen LogP contribution is 2.23. The van der Waals surface area contributed by atoms with E-state index >= 15 is 0 Å². The van der Waals surface area contributed by atoms with Crippen LogP contribution in [0.1, 0.15) is 25.1 Å². The first kappa shape index (κ1) is 7.51. The van der Waals surface area contributed by atoms with Crippen molar-refractivity contribution >= 4 is 5.82 Å². The lowest BCUT2D eigenvalue weighted by molar-refractivity contribution is 0.301. The van der Waals surface area contributed by atoms with Gasteiger partial charge >= 0.3 is 0 Å². The highest BCUT2D eigenvalue weighted by molar-refractivity contribution is 5.33. The number of hydrazine groups is 1. The molecule has 2 atom stereocenters. The van der Waals surface area contributed by atoms with E-state index in [1.807, 2.05) is 0 Å². The van der Waals surface area contributed by atoms with Crippen molar-refractivity contribution in [3.05, 3.63) is 5.69 Å². The van der Waals surface area contributed by atoms with Gasteiger partial charge in [-0.3, -0.25) is 5.43 Å². The fraction of sp³-hybridized carbons (Fsp3) is 0.667. The van der Waals surface area contributed by atoms with E-state index in [9.17, 15) is 0 Å². The molecule has 66 valence electrons. The van der Waals surface area contributed by atoms with E-state index < -0.39 is 0 Å². The standard InChI is InChI=1S/C6H11N5O/c1-3-2-4(9-8-3)5-6(7)11-12-10-5/h3-4,8-9H,2H2,1H3,(H2,7,11). The van der Waals surface area contributed by atoms with E-state index in [1.165, 1.54) is 0 Å². The van der Waals surface area contributed by atoms with E-state index in [1.54, 1.807) is 0 Å². The van der Waals surface area contributed by atoms with Gasteiger partial charge in [-0.25, -0.2) is 10.1 Å². The Balaban J connectivity index is 2.16. The van der Waals surface area contributed by atoms with Gasteiger partial charge in [-0.15, -0.1) is 0 Å². The van der Waals surface area contributed by atoms with Gasteiger partial charge in [0, 0.05) is 6.04 Å². The normalized spacial score (nSPS) is 29.4. The van der Waals surface area contributed by atoms with E-state index in [2.05, 4.69) is 32.7 Å². The third kappa shape index (κ3) is 1.15. The van der Waals surface area contributed by atoms with Crippen LogP contribution in [0.15, 0.2) is 4.63 Å². The number of anilines is 1. The molecule has 1 fully saturated rings. The number of aromatic nitrogens is 2. The maximum atomic E-state index is 5.53. The van der Waals surface area contributed by atoms with Crippen molar-refractivity contribution in [1.82, 2.24) is 21.2 Å². The third-order valence-electron chi connectivity index (χ3n) is 1.96. The minimum absolute atomic E-state index is 0.117. The Morgan fingerprint density at radius 2 is 2.33 bits per heavy atom. The molecule has 6 heteroatoms. The summed E-state index contributed by atoms with van der Waals surface area (Å²) in [7, 11) is 0. The molecule has 0 spiro atoms. The maximum absolute atomic E-state index is 5.53. The molecule has 4 N–H and O–H groups in total. The SMILES string of the molecule is CC1CC(c2nonc2N)NN1. The van der Waals surface area contributed by atoms with Crippen LogP contribution >= 0.6 is 0 Å². The summed E-state index contributed by atoms with van der Waals surface area (Å²) in [5.74, 6) is 0.364. The summed E-state index contributed by atoms with van der Waals surface area (Å²) < 4.78 is 4.50. The Morgan fingerprint density at radius 3 is 2.83 bits per heavy atom. The number of rotatable bonds is 1. The molecule has 0 saturated carbocycles. The van der Waals surface area contributed by atoms with Crippen LogP contribution in [0.25, 0.3) is 0 Å². The van der Waals surface area contributed by atoms with Crippen molar-refractivity contribution in [2.24, 2.45) is 0 Å². The van der Waals surface area contributed by atoms with Crippen LogP contribution in [-0.2, 0) is 0 Å².